The van der Waals surface area contributed by atoms with E-state index in [0.717, 1.165) is 24.0 Å². The molecule has 0 spiro atoms. The van der Waals surface area contributed by atoms with Gasteiger partial charge in [0, 0.05) is 6.54 Å². The maximum Gasteiger partial charge on any atom is 0.315 e. The number of rotatable bonds is 12. The van der Waals surface area contributed by atoms with Crippen LogP contribution in [-0.2, 0) is 19.2 Å². The summed E-state index contributed by atoms with van der Waals surface area (Å²) in [6.07, 6.45) is 2.21. The van der Waals surface area contributed by atoms with E-state index in [1.807, 2.05) is 65.0 Å². The van der Waals surface area contributed by atoms with Gasteiger partial charge < -0.3 is 26.6 Å². The van der Waals surface area contributed by atoms with Crippen LogP contribution in [0.15, 0.2) is 36.9 Å². The average Bonchev–Trinajstić information content (AvgIpc) is 3.80. The molecule has 5 amide bonds. The van der Waals surface area contributed by atoms with E-state index >= 15 is 0 Å². The number of ketones is 1. The van der Waals surface area contributed by atoms with Gasteiger partial charge in [-0.1, -0.05) is 98.2 Å². The lowest BCUT2D eigenvalue weighted by Crippen LogP contribution is -2.62. The number of hydrogen-bond donors (Lipinski definition) is 4. The second-order valence-corrected chi connectivity index (χ2v) is 14.9. The lowest BCUT2D eigenvalue weighted by atomic mass is 9.85. The number of hydrogen-bond acceptors (Lipinski definition) is 5. The third-order valence-electron chi connectivity index (χ3n) is 9.76. The molecule has 0 bridgehead atoms. The highest BCUT2D eigenvalue weighted by molar-refractivity contribution is 6.37. The lowest BCUT2D eigenvalue weighted by molar-refractivity contribution is -0.145. The number of nitrogens with one attached hydrogen (secondary N) is 3. The van der Waals surface area contributed by atoms with Crippen molar-refractivity contribution in [3.05, 3.63) is 42.5 Å². The number of benzene rings is 1. The molecule has 10 heteroatoms. The summed E-state index contributed by atoms with van der Waals surface area (Å²) < 4.78 is 0. The van der Waals surface area contributed by atoms with Crippen molar-refractivity contribution in [3.8, 4) is 0 Å². The van der Waals surface area contributed by atoms with E-state index in [4.69, 9.17) is 5.73 Å². The van der Waals surface area contributed by atoms with E-state index in [1.54, 1.807) is 4.90 Å². The van der Waals surface area contributed by atoms with Crippen molar-refractivity contribution in [1.29, 1.82) is 0 Å². The predicted molar refractivity (Wildman–Crippen MR) is 169 cm³/mol. The Balaban J connectivity index is 1.53. The number of Topliss-reactive ketones (excluding diaryl/α,β-unsaturated/α-hetero) is 1. The summed E-state index contributed by atoms with van der Waals surface area (Å²) in [6.45, 7) is 18.3. The second kappa shape index (κ2) is 12.4. The Morgan fingerprint density at radius 3 is 2.16 bits per heavy atom. The van der Waals surface area contributed by atoms with Crippen LogP contribution in [0.5, 0.6) is 0 Å². The van der Waals surface area contributed by atoms with Crippen molar-refractivity contribution in [2.75, 3.05) is 6.54 Å². The zero-order valence-corrected chi connectivity index (χ0v) is 27.1. The Morgan fingerprint density at radius 2 is 1.64 bits per heavy atom. The third-order valence-corrected chi connectivity index (χ3v) is 9.76. The first kappa shape index (κ1) is 33.2. The Kier molecular flexibility index (Phi) is 9.33. The van der Waals surface area contributed by atoms with Gasteiger partial charge in [0.15, 0.2) is 0 Å². The first-order valence-electron chi connectivity index (χ1n) is 15.7. The molecule has 240 valence electrons. The van der Waals surface area contributed by atoms with E-state index < -0.39 is 47.2 Å². The molecule has 5 N–H and O–H groups in total. The zero-order chi connectivity index (χ0) is 32.7. The number of amides is 5. The summed E-state index contributed by atoms with van der Waals surface area (Å²) in [6, 6.07) is 5.96. The molecule has 3 fully saturated rings. The maximum atomic E-state index is 14.3. The van der Waals surface area contributed by atoms with Gasteiger partial charge in [-0.15, -0.1) is 0 Å². The van der Waals surface area contributed by atoms with Crippen molar-refractivity contribution in [2.45, 2.75) is 91.9 Å². The second-order valence-electron chi connectivity index (χ2n) is 14.9. The van der Waals surface area contributed by atoms with E-state index in [1.165, 1.54) is 0 Å². The van der Waals surface area contributed by atoms with Gasteiger partial charge in [-0.05, 0) is 52.1 Å². The Labute approximate surface area is 260 Å². The van der Waals surface area contributed by atoms with Gasteiger partial charge in [0.1, 0.15) is 12.1 Å². The van der Waals surface area contributed by atoms with Gasteiger partial charge >= 0.3 is 6.03 Å². The van der Waals surface area contributed by atoms with Crippen LogP contribution >= 0.6 is 0 Å². The normalized spacial score (nSPS) is 24.0. The van der Waals surface area contributed by atoms with Crippen molar-refractivity contribution in [3.63, 3.8) is 0 Å². The number of carbonyl (C=O) groups is 5. The van der Waals surface area contributed by atoms with Crippen LogP contribution in [0.1, 0.15) is 73.3 Å². The van der Waals surface area contributed by atoms with Crippen LogP contribution in [0.2, 0.25) is 0 Å². The molecule has 1 aliphatic heterocycles. The lowest BCUT2D eigenvalue weighted by Gasteiger charge is -2.38. The van der Waals surface area contributed by atoms with Gasteiger partial charge in [0.05, 0.1) is 12.1 Å². The largest absolute Gasteiger partial charge is 0.363 e. The van der Waals surface area contributed by atoms with Gasteiger partial charge in [-0.2, -0.15) is 0 Å². The van der Waals surface area contributed by atoms with Gasteiger partial charge in [-0.3, -0.25) is 19.2 Å². The van der Waals surface area contributed by atoms with Crippen molar-refractivity contribution in [2.24, 2.45) is 40.2 Å². The Morgan fingerprint density at radius 1 is 1.02 bits per heavy atom. The van der Waals surface area contributed by atoms with Crippen LogP contribution in [-0.4, -0.2) is 65.1 Å². The molecule has 44 heavy (non-hydrogen) atoms. The Hall–Kier alpha value is -3.69. The molecule has 1 saturated heterocycles. The van der Waals surface area contributed by atoms with Crippen LogP contribution < -0.4 is 21.7 Å². The number of nitrogens with two attached hydrogens (primary N) is 1. The fourth-order valence-corrected chi connectivity index (χ4v) is 6.78. The van der Waals surface area contributed by atoms with E-state index in [0.29, 0.717) is 13.0 Å². The van der Waals surface area contributed by atoms with Gasteiger partial charge in [0.25, 0.3) is 5.91 Å². The predicted octanol–water partition coefficient (Wildman–Crippen LogP) is 3.26. The number of primary amides is 1. The summed E-state index contributed by atoms with van der Waals surface area (Å²) in [4.78, 5) is 67.4. The number of urea groups is 1. The smallest absolute Gasteiger partial charge is 0.315 e. The monoisotopic (exact) mass is 607 g/mol. The summed E-state index contributed by atoms with van der Waals surface area (Å²) >= 11 is 0. The topological polar surface area (TPSA) is 151 Å². The number of likely N-dealkylation sites (tertiary alicyclic amines) is 1. The fourth-order valence-electron chi connectivity index (χ4n) is 6.78. The fraction of sp³-hybridized carbons (Fsp3) is 0.618. The van der Waals surface area contributed by atoms with Crippen molar-refractivity contribution >= 4 is 35.1 Å². The molecule has 1 heterocycles. The molecule has 3 aliphatic rings. The minimum atomic E-state index is -1.09. The third kappa shape index (κ3) is 7.00. The SMILES string of the molecule is C=C(c1ccccc1)[C@@H](NC(=O)N[C@H](C(=O)N1C[C@H]2C([C@H]1C(=O)NC(CC1CC1)C(=O)C(N)=O)C2(C)C)C(C)(C)C)C(C)C. The quantitative estimate of drug-likeness (QED) is 0.269. The minimum absolute atomic E-state index is 0.0324. The molecular weight excluding hydrogens is 558 g/mol. The number of fused-ring (bicyclic) bond motifs is 1. The molecule has 0 radical (unpaired) electrons. The molecule has 10 nitrogen and oxygen atoms in total. The van der Waals surface area contributed by atoms with E-state index in [9.17, 15) is 24.0 Å². The van der Waals surface area contributed by atoms with Crippen LogP contribution in [0, 0.1) is 34.5 Å². The highest BCUT2D eigenvalue weighted by atomic mass is 16.2. The standard InChI is InChI=1S/C34H49N5O5/c1-18(2)25(19(3)21-12-10-9-11-13-21)37-32(44)38-28(33(4,5)6)31(43)39-17-22-24(34(22,7)8)26(39)30(42)36-23(16-20-14-15-20)27(40)29(35)41/h9-13,18,20,22-26,28H,3,14-17H2,1-2,4-8H3,(H2,35,41)(H,36,42)(H2,37,38,44)/t22-,23?,24?,25-,26-,28+/m0/s1. The molecule has 1 aromatic carbocycles. The van der Waals surface area contributed by atoms with Gasteiger partial charge in [-0.25, -0.2) is 4.79 Å². The van der Waals surface area contributed by atoms with E-state index in [-0.39, 0.29) is 41.0 Å². The average molecular weight is 608 g/mol. The van der Waals surface area contributed by atoms with Gasteiger partial charge in [0.2, 0.25) is 17.6 Å². The molecular formula is C34H49N5O5. The summed E-state index contributed by atoms with van der Waals surface area (Å²) in [5.41, 5.74) is 6.13. The van der Waals surface area contributed by atoms with E-state index in [2.05, 4.69) is 36.4 Å². The summed E-state index contributed by atoms with van der Waals surface area (Å²) in [5, 5.41) is 8.72. The van der Waals surface area contributed by atoms with Crippen LogP contribution in [0.25, 0.3) is 5.57 Å². The number of piperidine rings is 1. The number of nitrogens with zero attached hydrogens (tertiary/aromatic N) is 1. The maximum absolute atomic E-state index is 14.3. The summed E-state index contributed by atoms with van der Waals surface area (Å²) in [5.74, 6) is -2.45. The van der Waals surface area contributed by atoms with Crippen LogP contribution in [0.4, 0.5) is 4.79 Å². The molecule has 2 unspecified atom stereocenters. The molecule has 1 aromatic rings. The first-order valence-corrected chi connectivity index (χ1v) is 15.7. The highest BCUT2D eigenvalue weighted by Crippen LogP contribution is 2.65. The number of carbonyl (C=O) groups excluding carboxylic acids is 5. The molecule has 2 saturated carbocycles. The molecule has 0 aromatic heterocycles. The first-order chi connectivity index (χ1) is 20.4. The van der Waals surface area contributed by atoms with Crippen molar-refractivity contribution < 1.29 is 24.0 Å². The molecule has 2 aliphatic carbocycles. The van der Waals surface area contributed by atoms with Crippen molar-refractivity contribution in [1.82, 2.24) is 20.9 Å². The highest BCUT2D eigenvalue weighted by Gasteiger charge is 2.70. The zero-order valence-electron chi connectivity index (χ0n) is 27.1. The Bertz CT molecular complexity index is 1310. The van der Waals surface area contributed by atoms with Crippen LogP contribution in [0.3, 0.4) is 0 Å². The molecule has 4 rings (SSSR count). The molecule has 6 atom stereocenters. The minimum Gasteiger partial charge on any atom is -0.363 e. The summed E-state index contributed by atoms with van der Waals surface area (Å²) in [7, 11) is 0.